The van der Waals surface area contributed by atoms with Gasteiger partial charge in [0.25, 0.3) is 0 Å². The number of thiophene rings is 1. The number of hydrogen-bond acceptors (Lipinski definition) is 3. The molecular weight excluding hydrogens is 286 g/mol. The zero-order valence-electron chi connectivity index (χ0n) is 7.79. The Morgan fingerprint density at radius 1 is 1.57 bits per heavy atom. The van der Waals surface area contributed by atoms with Crippen molar-refractivity contribution in [3.05, 3.63) is 20.8 Å². The number of nitrogens with one attached hydrogen (secondary N) is 1. The lowest BCUT2D eigenvalue weighted by Gasteiger charge is -2.03. The summed E-state index contributed by atoms with van der Waals surface area (Å²) in [5, 5.41) is 1.92. The van der Waals surface area contributed by atoms with Crippen LogP contribution in [0.5, 0.6) is 0 Å². The highest BCUT2D eigenvalue weighted by Crippen LogP contribution is 2.22. The molecule has 1 heterocycles. The quantitative estimate of drug-likeness (QED) is 0.907. The van der Waals surface area contributed by atoms with E-state index in [1.54, 1.807) is 0 Å². The molecule has 0 radical (unpaired) electrons. The second-order valence-electron chi connectivity index (χ2n) is 2.83. The van der Waals surface area contributed by atoms with Crippen LogP contribution in [0, 0.1) is 0 Å². The van der Waals surface area contributed by atoms with Crippen molar-refractivity contribution in [3.63, 3.8) is 0 Å². The summed E-state index contributed by atoms with van der Waals surface area (Å²) in [6.07, 6.45) is 0.640. The number of sulfonamides is 1. The molecule has 0 unspecified atom stereocenters. The van der Waals surface area contributed by atoms with Crippen LogP contribution in [0.25, 0.3) is 0 Å². The van der Waals surface area contributed by atoms with E-state index in [4.69, 9.17) is 0 Å². The first-order chi connectivity index (χ1) is 6.55. The molecule has 0 saturated carbocycles. The molecule has 0 bridgehead atoms. The second kappa shape index (κ2) is 5.25. The van der Waals surface area contributed by atoms with Gasteiger partial charge in [0.05, 0.1) is 5.75 Å². The van der Waals surface area contributed by atoms with E-state index in [9.17, 15) is 8.42 Å². The molecule has 0 amide bonds. The monoisotopic (exact) mass is 297 g/mol. The van der Waals surface area contributed by atoms with Gasteiger partial charge in [-0.25, -0.2) is 13.1 Å². The fourth-order valence-corrected chi connectivity index (χ4v) is 3.54. The van der Waals surface area contributed by atoms with Gasteiger partial charge in [-0.05, 0) is 33.8 Å². The van der Waals surface area contributed by atoms with Crippen molar-refractivity contribution in [2.24, 2.45) is 0 Å². The third kappa shape index (κ3) is 3.68. The summed E-state index contributed by atoms with van der Waals surface area (Å²) in [6.45, 7) is 2.22. The van der Waals surface area contributed by atoms with Crippen LogP contribution in [-0.2, 0) is 16.6 Å². The van der Waals surface area contributed by atoms with Gasteiger partial charge in [0.2, 0.25) is 10.0 Å². The molecule has 0 spiro atoms. The van der Waals surface area contributed by atoms with Gasteiger partial charge in [0.15, 0.2) is 0 Å². The Balaban J connectivity index is 2.53. The summed E-state index contributed by atoms with van der Waals surface area (Å²) in [7, 11) is -3.09. The standard InChI is InChI=1S/C8H12BrNO2S2/c1-2-5-14(11,12)10-6-8-7(9)3-4-13-8/h3-4,10H,2,5-6H2,1H3. The van der Waals surface area contributed by atoms with Gasteiger partial charge in [-0.2, -0.15) is 0 Å². The first-order valence-corrected chi connectivity index (χ1v) is 7.57. The molecule has 14 heavy (non-hydrogen) atoms. The Bertz CT molecular complexity index is 386. The van der Waals surface area contributed by atoms with Crippen molar-refractivity contribution in [1.82, 2.24) is 4.72 Å². The molecule has 3 nitrogen and oxygen atoms in total. The predicted octanol–water partition coefficient (Wildman–Crippen LogP) is 2.34. The fraction of sp³-hybridized carbons (Fsp3) is 0.500. The SMILES string of the molecule is CCCS(=O)(=O)NCc1sccc1Br. The number of halogens is 1. The summed E-state index contributed by atoms with van der Waals surface area (Å²) in [5.41, 5.74) is 0. The van der Waals surface area contributed by atoms with Crippen LogP contribution in [0.2, 0.25) is 0 Å². The maximum absolute atomic E-state index is 11.3. The third-order valence-corrected chi connectivity index (χ3v) is 5.07. The number of rotatable bonds is 5. The summed E-state index contributed by atoms with van der Waals surface area (Å²) in [5.74, 6) is 0.190. The van der Waals surface area contributed by atoms with Crippen molar-refractivity contribution in [2.45, 2.75) is 19.9 Å². The molecule has 1 rings (SSSR count). The van der Waals surface area contributed by atoms with Crippen molar-refractivity contribution >= 4 is 37.3 Å². The minimum atomic E-state index is -3.09. The van der Waals surface area contributed by atoms with Gasteiger partial charge in [-0.1, -0.05) is 6.92 Å². The van der Waals surface area contributed by atoms with Crippen molar-refractivity contribution in [2.75, 3.05) is 5.75 Å². The van der Waals surface area contributed by atoms with E-state index in [2.05, 4.69) is 20.7 Å². The lowest BCUT2D eigenvalue weighted by molar-refractivity contribution is 0.580. The van der Waals surface area contributed by atoms with E-state index >= 15 is 0 Å². The predicted molar refractivity (Wildman–Crippen MR) is 62.9 cm³/mol. The van der Waals surface area contributed by atoms with Gasteiger partial charge in [0, 0.05) is 15.9 Å². The molecule has 0 atom stereocenters. The minimum absolute atomic E-state index is 0.190. The van der Waals surface area contributed by atoms with Gasteiger partial charge < -0.3 is 0 Å². The van der Waals surface area contributed by atoms with E-state index in [0.717, 1.165) is 9.35 Å². The largest absolute Gasteiger partial charge is 0.212 e. The highest BCUT2D eigenvalue weighted by molar-refractivity contribution is 9.10. The molecular formula is C8H12BrNO2S2. The van der Waals surface area contributed by atoms with Crippen LogP contribution in [0.15, 0.2) is 15.9 Å². The van der Waals surface area contributed by atoms with Gasteiger partial charge in [0.1, 0.15) is 0 Å². The van der Waals surface area contributed by atoms with Crippen molar-refractivity contribution < 1.29 is 8.42 Å². The average molecular weight is 298 g/mol. The molecule has 0 saturated heterocycles. The molecule has 0 aliphatic carbocycles. The van der Waals surface area contributed by atoms with E-state index in [1.807, 2.05) is 18.4 Å². The lowest BCUT2D eigenvalue weighted by atomic mass is 10.5. The third-order valence-electron chi connectivity index (χ3n) is 1.62. The van der Waals surface area contributed by atoms with Gasteiger partial charge in [-0.3, -0.25) is 0 Å². The maximum atomic E-state index is 11.3. The topological polar surface area (TPSA) is 46.2 Å². The van der Waals surface area contributed by atoms with Gasteiger partial charge in [-0.15, -0.1) is 11.3 Å². The zero-order chi connectivity index (χ0) is 10.6. The molecule has 1 aromatic rings. The van der Waals surface area contributed by atoms with E-state index < -0.39 is 10.0 Å². The molecule has 1 aromatic heterocycles. The number of hydrogen-bond donors (Lipinski definition) is 1. The van der Waals surface area contributed by atoms with E-state index in [-0.39, 0.29) is 5.75 Å². The average Bonchev–Trinajstić information content (AvgIpc) is 2.48. The summed E-state index contributed by atoms with van der Waals surface area (Å²) >= 11 is 4.88. The summed E-state index contributed by atoms with van der Waals surface area (Å²) in [6, 6.07) is 1.91. The summed E-state index contributed by atoms with van der Waals surface area (Å²) in [4.78, 5) is 1.00. The smallest absolute Gasteiger partial charge is 0.211 e. The first-order valence-electron chi connectivity index (χ1n) is 4.24. The van der Waals surface area contributed by atoms with Crippen molar-refractivity contribution in [1.29, 1.82) is 0 Å². The molecule has 1 N–H and O–H groups in total. The Morgan fingerprint density at radius 3 is 2.79 bits per heavy atom. The Kier molecular flexibility index (Phi) is 4.56. The Morgan fingerprint density at radius 2 is 2.29 bits per heavy atom. The Hall–Kier alpha value is 0.0900. The zero-order valence-corrected chi connectivity index (χ0v) is 11.0. The van der Waals surface area contributed by atoms with Crippen LogP contribution < -0.4 is 4.72 Å². The molecule has 6 heteroatoms. The van der Waals surface area contributed by atoms with Crippen LogP contribution >= 0.6 is 27.3 Å². The lowest BCUT2D eigenvalue weighted by Crippen LogP contribution is -2.25. The Labute approximate surface area is 96.7 Å². The summed E-state index contributed by atoms with van der Waals surface area (Å²) < 4.78 is 26.1. The van der Waals surface area contributed by atoms with Crippen LogP contribution in [0.3, 0.4) is 0 Å². The van der Waals surface area contributed by atoms with Crippen LogP contribution in [-0.4, -0.2) is 14.2 Å². The highest BCUT2D eigenvalue weighted by Gasteiger charge is 2.09. The molecule has 0 aliphatic rings. The van der Waals surface area contributed by atoms with Crippen LogP contribution in [0.1, 0.15) is 18.2 Å². The molecule has 80 valence electrons. The first kappa shape index (κ1) is 12.2. The normalized spacial score (nSPS) is 11.9. The van der Waals surface area contributed by atoms with Crippen molar-refractivity contribution in [3.8, 4) is 0 Å². The fourth-order valence-electron chi connectivity index (χ4n) is 0.968. The maximum Gasteiger partial charge on any atom is 0.211 e. The molecule has 0 aromatic carbocycles. The second-order valence-corrected chi connectivity index (χ2v) is 6.61. The minimum Gasteiger partial charge on any atom is -0.212 e. The highest BCUT2D eigenvalue weighted by atomic mass is 79.9. The molecule has 0 fully saturated rings. The van der Waals surface area contributed by atoms with Gasteiger partial charge >= 0.3 is 0 Å². The molecule has 0 aliphatic heterocycles. The van der Waals surface area contributed by atoms with E-state index in [1.165, 1.54) is 11.3 Å². The van der Waals surface area contributed by atoms with Crippen LogP contribution in [0.4, 0.5) is 0 Å². The van der Waals surface area contributed by atoms with E-state index in [0.29, 0.717) is 13.0 Å².